The lowest BCUT2D eigenvalue weighted by molar-refractivity contribution is -0.117. The molecule has 1 aromatic carbocycles. The van der Waals surface area contributed by atoms with Crippen LogP contribution in [-0.2, 0) is 17.9 Å². The van der Waals surface area contributed by atoms with Crippen molar-refractivity contribution in [2.45, 2.75) is 33.9 Å². The number of benzene rings is 1. The molecule has 1 N–H and O–H groups in total. The van der Waals surface area contributed by atoms with Gasteiger partial charge < -0.3 is 5.32 Å². The van der Waals surface area contributed by atoms with E-state index >= 15 is 0 Å². The van der Waals surface area contributed by atoms with E-state index in [-0.39, 0.29) is 23.8 Å². The predicted molar refractivity (Wildman–Crippen MR) is 119 cm³/mol. The zero-order valence-corrected chi connectivity index (χ0v) is 18.3. The van der Waals surface area contributed by atoms with Crippen molar-refractivity contribution >= 4 is 50.5 Å². The second kappa shape index (κ2) is 7.73. The third-order valence-electron chi connectivity index (χ3n) is 4.63. The summed E-state index contributed by atoms with van der Waals surface area (Å²) >= 11 is 7.45. The second-order valence-electron chi connectivity index (χ2n) is 7.55. The first-order valence-corrected chi connectivity index (χ1v) is 10.7. The number of aromatic nitrogens is 4. The molecular formula is C20H20ClN5O3S. The Balaban J connectivity index is 1.77. The van der Waals surface area contributed by atoms with E-state index in [0.717, 1.165) is 10.2 Å². The van der Waals surface area contributed by atoms with Crippen LogP contribution in [-0.4, -0.2) is 24.7 Å². The maximum absolute atomic E-state index is 13.0. The Morgan fingerprint density at radius 1 is 1.27 bits per heavy atom. The number of amides is 1. The van der Waals surface area contributed by atoms with Gasteiger partial charge in [0, 0.05) is 6.54 Å². The zero-order chi connectivity index (χ0) is 21.6. The molecule has 3 heterocycles. The number of fused-ring (bicyclic) bond motifs is 3. The number of nitrogens with one attached hydrogen (secondary N) is 1. The van der Waals surface area contributed by atoms with Gasteiger partial charge in [0.05, 0.1) is 16.2 Å². The fourth-order valence-corrected chi connectivity index (χ4v) is 4.42. The van der Waals surface area contributed by atoms with Crippen LogP contribution in [0, 0.1) is 12.8 Å². The fourth-order valence-electron chi connectivity index (χ4n) is 3.31. The topological polar surface area (TPSA) is 90.4 Å². The van der Waals surface area contributed by atoms with Crippen LogP contribution in [0.15, 0.2) is 39.2 Å². The third-order valence-corrected chi connectivity index (χ3v) is 5.83. The lowest BCUT2D eigenvalue weighted by Gasteiger charge is -2.09. The summed E-state index contributed by atoms with van der Waals surface area (Å²) in [5.41, 5.74) is 1.27. The van der Waals surface area contributed by atoms with Crippen LogP contribution >= 0.6 is 22.9 Å². The molecule has 0 saturated carbocycles. The van der Waals surface area contributed by atoms with Crippen LogP contribution in [0.5, 0.6) is 0 Å². The average molecular weight is 446 g/mol. The summed E-state index contributed by atoms with van der Waals surface area (Å²) in [6, 6.07) is 6.99. The molecule has 0 aliphatic rings. The third kappa shape index (κ3) is 3.54. The monoisotopic (exact) mass is 445 g/mol. The first kappa shape index (κ1) is 20.4. The Morgan fingerprint density at radius 3 is 2.73 bits per heavy atom. The zero-order valence-electron chi connectivity index (χ0n) is 16.7. The van der Waals surface area contributed by atoms with Gasteiger partial charge in [-0.1, -0.05) is 31.5 Å². The number of nitrogens with zero attached hydrogens (tertiary/aromatic N) is 4. The summed E-state index contributed by atoms with van der Waals surface area (Å²) in [5, 5.41) is 9.19. The number of halogens is 1. The van der Waals surface area contributed by atoms with Gasteiger partial charge >= 0.3 is 5.69 Å². The van der Waals surface area contributed by atoms with Gasteiger partial charge in [-0.3, -0.25) is 14.2 Å². The number of aryl methyl sites for hydroxylation is 1. The first-order chi connectivity index (χ1) is 14.3. The molecule has 1 amide bonds. The highest BCUT2D eigenvalue weighted by Gasteiger charge is 2.20. The normalized spacial score (nSPS) is 11.6. The lowest BCUT2D eigenvalue weighted by Crippen LogP contribution is -2.29. The van der Waals surface area contributed by atoms with Crippen LogP contribution in [0.3, 0.4) is 0 Å². The maximum Gasteiger partial charge on any atom is 0.352 e. The molecule has 0 radical (unpaired) electrons. The molecule has 4 aromatic rings. The van der Waals surface area contributed by atoms with Crippen molar-refractivity contribution in [3.63, 3.8) is 0 Å². The van der Waals surface area contributed by atoms with Crippen LogP contribution in [0.2, 0.25) is 5.02 Å². The summed E-state index contributed by atoms with van der Waals surface area (Å²) < 4.78 is 4.44. The summed E-state index contributed by atoms with van der Waals surface area (Å²) in [4.78, 5) is 38.5. The Hall–Kier alpha value is -2.91. The molecule has 0 fully saturated rings. The highest BCUT2D eigenvalue weighted by molar-refractivity contribution is 7.17. The number of thiophene rings is 1. The van der Waals surface area contributed by atoms with Gasteiger partial charge in [-0.2, -0.15) is 0 Å². The number of rotatable bonds is 5. The van der Waals surface area contributed by atoms with E-state index in [4.69, 9.17) is 11.6 Å². The molecule has 0 bridgehead atoms. The Kier molecular flexibility index (Phi) is 5.25. The largest absolute Gasteiger partial charge is 0.352 e. The predicted octanol–water partition coefficient (Wildman–Crippen LogP) is 3.13. The summed E-state index contributed by atoms with van der Waals surface area (Å²) in [7, 11) is 0. The van der Waals surface area contributed by atoms with E-state index in [1.165, 1.54) is 20.3 Å². The molecule has 0 aliphatic heterocycles. The second-order valence-corrected chi connectivity index (χ2v) is 8.87. The van der Waals surface area contributed by atoms with Crippen molar-refractivity contribution in [3.8, 4) is 0 Å². The van der Waals surface area contributed by atoms with Crippen molar-refractivity contribution in [3.05, 3.63) is 61.1 Å². The van der Waals surface area contributed by atoms with Gasteiger partial charge in [-0.25, -0.2) is 13.9 Å². The number of carbonyl (C=O) groups excluding carboxylic acids is 1. The number of anilines is 1. The fraction of sp³-hybridized carbons (Fsp3) is 0.300. The molecule has 0 atom stereocenters. The average Bonchev–Trinajstić information content (AvgIpc) is 3.26. The molecule has 0 spiro atoms. The molecule has 4 rings (SSSR count). The van der Waals surface area contributed by atoms with Gasteiger partial charge in [0.15, 0.2) is 0 Å². The minimum Gasteiger partial charge on any atom is -0.323 e. The van der Waals surface area contributed by atoms with Crippen LogP contribution in [0.1, 0.15) is 19.4 Å². The lowest BCUT2D eigenvalue weighted by atomic mass is 10.2. The highest BCUT2D eigenvalue weighted by atomic mass is 35.5. The van der Waals surface area contributed by atoms with Gasteiger partial charge in [-0.05, 0) is 42.0 Å². The number of carbonyl (C=O) groups is 1. The van der Waals surface area contributed by atoms with Gasteiger partial charge in [0.2, 0.25) is 11.7 Å². The Labute approximate surface area is 180 Å². The number of hydrogen-bond acceptors (Lipinski definition) is 5. The minimum absolute atomic E-state index is 0.177. The molecule has 8 nitrogen and oxygen atoms in total. The van der Waals surface area contributed by atoms with E-state index in [9.17, 15) is 14.4 Å². The highest BCUT2D eigenvalue weighted by Crippen LogP contribution is 2.22. The number of hydrogen-bond donors (Lipinski definition) is 1. The molecule has 0 saturated heterocycles. The maximum atomic E-state index is 13.0. The van der Waals surface area contributed by atoms with E-state index in [0.29, 0.717) is 27.5 Å². The molecule has 10 heteroatoms. The van der Waals surface area contributed by atoms with E-state index in [2.05, 4.69) is 10.4 Å². The van der Waals surface area contributed by atoms with Crippen molar-refractivity contribution < 1.29 is 4.79 Å². The van der Waals surface area contributed by atoms with Crippen molar-refractivity contribution in [2.75, 3.05) is 5.32 Å². The molecule has 3 aromatic heterocycles. The first-order valence-electron chi connectivity index (χ1n) is 9.42. The van der Waals surface area contributed by atoms with Crippen LogP contribution in [0.25, 0.3) is 16.0 Å². The smallest absolute Gasteiger partial charge is 0.323 e. The Bertz CT molecular complexity index is 1400. The summed E-state index contributed by atoms with van der Waals surface area (Å²) in [6.07, 6.45) is 0. The van der Waals surface area contributed by atoms with Gasteiger partial charge in [0.1, 0.15) is 11.2 Å². The van der Waals surface area contributed by atoms with Gasteiger partial charge in [-0.15, -0.1) is 16.4 Å². The van der Waals surface area contributed by atoms with E-state index < -0.39 is 11.6 Å². The molecular weight excluding hydrogens is 426 g/mol. The van der Waals surface area contributed by atoms with E-state index in [1.807, 2.05) is 26.8 Å². The van der Waals surface area contributed by atoms with Crippen molar-refractivity contribution in [1.82, 2.24) is 18.7 Å². The van der Waals surface area contributed by atoms with Crippen LogP contribution in [0.4, 0.5) is 5.69 Å². The summed E-state index contributed by atoms with van der Waals surface area (Å²) in [5.74, 6) is -0.0347. The van der Waals surface area contributed by atoms with E-state index in [1.54, 1.807) is 23.6 Å². The Morgan fingerprint density at radius 2 is 2.03 bits per heavy atom. The molecule has 30 heavy (non-hydrogen) atoms. The summed E-state index contributed by atoms with van der Waals surface area (Å²) in [6.45, 7) is 5.98. The van der Waals surface area contributed by atoms with Crippen molar-refractivity contribution in [2.24, 2.45) is 5.92 Å². The molecule has 0 unspecified atom stereocenters. The van der Waals surface area contributed by atoms with Crippen molar-refractivity contribution in [1.29, 1.82) is 0 Å². The quantitative estimate of drug-likeness (QED) is 0.511. The van der Waals surface area contributed by atoms with Crippen LogP contribution < -0.4 is 16.6 Å². The minimum atomic E-state index is -0.476. The molecule has 156 valence electrons. The SMILES string of the molecule is Cc1ccc(NC(=O)Cn2nc3n(CC(C)C)c(=O)c4sccc4n3c2=O)c(Cl)c1. The van der Waals surface area contributed by atoms with Gasteiger partial charge in [0.25, 0.3) is 5.56 Å². The molecule has 0 aliphatic carbocycles. The standard InChI is InChI=1S/C20H20ClN5O3S/c1-11(2)9-24-18(28)17-15(6-7-30-17)26-19(24)23-25(20(26)29)10-16(27)22-14-5-4-12(3)8-13(14)21/h4-8,11H,9-10H2,1-3H3,(H,22,27).